The number of methoxy groups -OCH3 is 1. The summed E-state index contributed by atoms with van der Waals surface area (Å²) in [5.74, 6) is -0.354. The van der Waals surface area contributed by atoms with Gasteiger partial charge < -0.3 is 9.47 Å². The number of imide groups is 1. The maximum absolute atomic E-state index is 12.2. The first-order valence-corrected chi connectivity index (χ1v) is 7.92. The van der Waals surface area contributed by atoms with Gasteiger partial charge in [-0.15, -0.1) is 0 Å². The van der Waals surface area contributed by atoms with Gasteiger partial charge in [0.05, 0.1) is 12.0 Å². The molecule has 7 heteroatoms. The highest BCUT2D eigenvalue weighted by Crippen LogP contribution is 2.33. The smallest absolute Gasteiger partial charge is 0.343 e. The number of rotatable bonds is 6. The fourth-order valence-electron chi connectivity index (χ4n) is 1.98. The van der Waals surface area contributed by atoms with Gasteiger partial charge in [-0.1, -0.05) is 25.1 Å². The largest absolute Gasteiger partial charge is 0.481 e. The molecule has 1 aliphatic heterocycles. The lowest BCUT2D eigenvalue weighted by molar-refractivity contribution is -0.142. The third-order valence-electron chi connectivity index (χ3n) is 3.10. The van der Waals surface area contributed by atoms with Gasteiger partial charge in [0.2, 0.25) is 0 Å². The molecule has 2 amide bonds. The first-order chi connectivity index (χ1) is 11.1. The Morgan fingerprint density at radius 1 is 1.30 bits per heavy atom. The number of thioether (sulfide) groups is 1. The minimum atomic E-state index is -0.497. The van der Waals surface area contributed by atoms with E-state index >= 15 is 0 Å². The molecule has 1 fully saturated rings. The number of esters is 1. The summed E-state index contributed by atoms with van der Waals surface area (Å²) in [5, 5.41) is -0.268. The Morgan fingerprint density at radius 2 is 2.04 bits per heavy atom. The van der Waals surface area contributed by atoms with Gasteiger partial charge in [-0.05, 0) is 30.3 Å². The van der Waals surface area contributed by atoms with Crippen molar-refractivity contribution < 1.29 is 23.9 Å². The summed E-state index contributed by atoms with van der Waals surface area (Å²) >= 11 is 0.906. The number of amides is 2. The van der Waals surface area contributed by atoms with Crippen molar-refractivity contribution in [3.8, 4) is 5.75 Å². The van der Waals surface area contributed by atoms with Crippen LogP contribution in [0, 0.1) is 0 Å². The van der Waals surface area contributed by atoms with E-state index in [1.54, 1.807) is 30.3 Å². The number of carbonyl (C=O) groups excluding carboxylic acids is 3. The molecule has 0 radical (unpaired) electrons. The fourth-order valence-corrected chi connectivity index (χ4v) is 2.84. The molecule has 6 nitrogen and oxygen atoms in total. The molecule has 0 atom stereocenters. The third kappa shape index (κ3) is 4.13. The van der Waals surface area contributed by atoms with Crippen molar-refractivity contribution in [1.82, 2.24) is 4.90 Å². The van der Waals surface area contributed by atoms with E-state index in [0.29, 0.717) is 29.2 Å². The van der Waals surface area contributed by atoms with E-state index < -0.39 is 5.97 Å². The minimum Gasteiger partial charge on any atom is -0.481 e. The summed E-state index contributed by atoms with van der Waals surface area (Å²) in [6.07, 6.45) is 2.32. The Morgan fingerprint density at radius 3 is 2.74 bits per heavy atom. The van der Waals surface area contributed by atoms with E-state index in [1.165, 1.54) is 12.0 Å². The van der Waals surface area contributed by atoms with Gasteiger partial charge in [0.25, 0.3) is 11.1 Å². The number of ether oxygens (including phenoxy) is 2. The molecule has 1 aliphatic rings. The number of benzene rings is 1. The lowest BCUT2D eigenvalue weighted by Gasteiger charge is -2.10. The second-order valence-corrected chi connectivity index (χ2v) is 5.73. The maximum Gasteiger partial charge on any atom is 0.343 e. The zero-order valence-corrected chi connectivity index (χ0v) is 13.7. The normalized spacial score (nSPS) is 16.1. The summed E-state index contributed by atoms with van der Waals surface area (Å²) in [7, 11) is 1.28. The van der Waals surface area contributed by atoms with E-state index in [-0.39, 0.29) is 17.8 Å². The van der Waals surface area contributed by atoms with Crippen molar-refractivity contribution in [3.63, 3.8) is 0 Å². The average Bonchev–Trinajstić information content (AvgIpc) is 2.81. The van der Waals surface area contributed by atoms with E-state index in [2.05, 4.69) is 4.74 Å². The van der Waals surface area contributed by atoms with Gasteiger partial charge in [-0.2, -0.15) is 0 Å². The molecule has 0 saturated carbocycles. The molecule has 1 saturated heterocycles. The van der Waals surface area contributed by atoms with Crippen molar-refractivity contribution in [2.75, 3.05) is 20.3 Å². The van der Waals surface area contributed by atoms with Crippen LogP contribution in [0.15, 0.2) is 29.2 Å². The minimum absolute atomic E-state index is 0.224. The van der Waals surface area contributed by atoms with Gasteiger partial charge in [0.15, 0.2) is 6.61 Å². The van der Waals surface area contributed by atoms with Crippen LogP contribution in [0.3, 0.4) is 0 Å². The summed E-state index contributed by atoms with van der Waals surface area (Å²) in [4.78, 5) is 36.8. The lowest BCUT2D eigenvalue weighted by Crippen LogP contribution is -2.28. The zero-order valence-electron chi connectivity index (χ0n) is 12.9. The lowest BCUT2D eigenvalue weighted by atomic mass is 10.2. The van der Waals surface area contributed by atoms with E-state index in [1.807, 2.05) is 6.92 Å². The van der Waals surface area contributed by atoms with E-state index in [4.69, 9.17) is 4.74 Å². The van der Waals surface area contributed by atoms with Crippen LogP contribution in [0.25, 0.3) is 6.08 Å². The van der Waals surface area contributed by atoms with Crippen LogP contribution < -0.4 is 4.74 Å². The Balaban J connectivity index is 2.21. The van der Waals surface area contributed by atoms with Crippen LogP contribution in [-0.2, 0) is 14.3 Å². The van der Waals surface area contributed by atoms with Crippen LogP contribution >= 0.6 is 11.8 Å². The summed E-state index contributed by atoms with van der Waals surface area (Å²) in [5.41, 5.74) is 0.624. The van der Waals surface area contributed by atoms with Crippen LogP contribution in [0.2, 0.25) is 0 Å². The molecule has 0 spiro atoms. The van der Waals surface area contributed by atoms with Gasteiger partial charge in [-0.25, -0.2) is 4.79 Å². The van der Waals surface area contributed by atoms with Crippen molar-refractivity contribution in [3.05, 3.63) is 34.7 Å². The van der Waals surface area contributed by atoms with Crippen LogP contribution in [-0.4, -0.2) is 42.3 Å². The van der Waals surface area contributed by atoms with Crippen LogP contribution in [0.5, 0.6) is 5.75 Å². The molecule has 2 rings (SSSR count). The third-order valence-corrected chi connectivity index (χ3v) is 4.01. The van der Waals surface area contributed by atoms with Crippen molar-refractivity contribution in [2.45, 2.75) is 13.3 Å². The summed E-state index contributed by atoms with van der Waals surface area (Å²) in [6, 6.07) is 6.98. The molecule has 0 aromatic heterocycles. The molecule has 1 heterocycles. The van der Waals surface area contributed by atoms with Gasteiger partial charge >= 0.3 is 5.97 Å². The highest BCUT2D eigenvalue weighted by Gasteiger charge is 2.34. The molecule has 0 aliphatic carbocycles. The number of hydrogen-bond donors (Lipinski definition) is 0. The Labute approximate surface area is 138 Å². The van der Waals surface area contributed by atoms with E-state index in [9.17, 15) is 14.4 Å². The van der Waals surface area contributed by atoms with Crippen molar-refractivity contribution >= 4 is 35.0 Å². The second-order valence-electron chi connectivity index (χ2n) is 4.74. The Kier molecular flexibility index (Phi) is 5.81. The molecular formula is C16H17NO5S. The number of nitrogens with zero attached hydrogens (tertiary/aromatic N) is 1. The first kappa shape index (κ1) is 17.1. The Bertz CT molecular complexity index is 656. The molecule has 0 bridgehead atoms. The van der Waals surface area contributed by atoms with Crippen molar-refractivity contribution in [2.24, 2.45) is 0 Å². The SMILES string of the molecule is CCCN1C(=O)S/C(=C/c2ccccc2OCC(=O)OC)C1=O. The van der Waals surface area contributed by atoms with Gasteiger partial charge in [0.1, 0.15) is 5.75 Å². The number of para-hydroxylation sites is 1. The second kappa shape index (κ2) is 7.82. The summed E-state index contributed by atoms with van der Waals surface area (Å²) < 4.78 is 9.93. The number of carbonyl (C=O) groups is 3. The Hall–Kier alpha value is -2.28. The first-order valence-electron chi connectivity index (χ1n) is 7.10. The zero-order chi connectivity index (χ0) is 16.8. The quantitative estimate of drug-likeness (QED) is 0.588. The monoisotopic (exact) mass is 335 g/mol. The predicted octanol–water partition coefficient (Wildman–Crippen LogP) is 2.68. The number of hydrogen-bond acceptors (Lipinski definition) is 6. The fraction of sp³-hybridized carbons (Fsp3) is 0.312. The van der Waals surface area contributed by atoms with Crippen LogP contribution in [0.4, 0.5) is 4.79 Å². The molecular weight excluding hydrogens is 318 g/mol. The maximum atomic E-state index is 12.2. The average molecular weight is 335 g/mol. The standard InChI is InChI=1S/C16H17NO5S/c1-3-8-17-15(19)13(23-16(17)20)9-11-6-4-5-7-12(11)22-10-14(18)21-2/h4-7,9H,3,8,10H2,1-2H3/b13-9+. The summed E-state index contributed by atoms with van der Waals surface area (Å²) in [6.45, 7) is 2.09. The highest BCUT2D eigenvalue weighted by atomic mass is 32.2. The van der Waals surface area contributed by atoms with Gasteiger partial charge in [0, 0.05) is 12.1 Å². The molecule has 0 N–H and O–H groups in total. The molecule has 1 aromatic rings. The molecule has 122 valence electrons. The molecule has 0 unspecified atom stereocenters. The van der Waals surface area contributed by atoms with Gasteiger partial charge in [-0.3, -0.25) is 14.5 Å². The van der Waals surface area contributed by atoms with Crippen LogP contribution in [0.1, 0.15) is 18.9 Å². The van der Waals surface area contributed by atoms with Crippen molar-refractivity contribution in [1.29, 1.82) is 0 Å². The molecule has 1 aromatic carbocycles. The highest BCUT2D eigenvalue weighted by molar-refractivity contribution is 8.18. The predicted molar refractivity (Wildman–Crippen MR) is 86.9 cm³/mol. The topological polar surface area (TPSA) is 72.9 Å². The van der Waals surface area contributed by atoms with E-state index in [0.717, 1.165) is 11.8 Å². The molecule has 23 heavy (non-hydrogen) atoms.